The third-order valence-electron chi connectivity index (χ3n) is 5.67. The number of likely N-dealkylation sites (tertiary alicyclic amines) is 1. The number of nitrogens with one attached hydrogen (secondary N) is 2. The number of aromatic nitrogens is 3. The number of carbonyl (C=O) groups excluding carboxylic acids is 2. The Morgan fingerprint density at radius 3 is 2.63 bits per heavy atom. The van der Waals surface area contributed by atoms with E-state index in [1.54, 1.807) is 6.20 Å². The fraction of sp³-hybridized carbons (Fsp3) is 0.474. The Morgan fingerprint density at radius 2 is 2.00 bits per heavy atom. The van der Waals surface area contributed by atoms with Crippen molar-refractivity contribution in [2.45, 2.75) is 38.4 Å². The van der Waals surface area contributed by atoms with E-state index < -0.39 is 11.6 Å². The van der Waals surface area contributed by atoms with Crippen LogP contribution in [0.5, 0.6) is 0 Å². The Labute approximate surface area is 158 Å². The Balaban J connectivity index is 1.51. The molecule has 2 fully saturated rings. The van der Waals surface area contributed by atoms with Crippen molar-refractivity contribution in [1.82, 2.24) is 30.1 Å². The Bertz CT molecular complexity index is 828. The lowest BCUT2D eigenvalue weighted by atomic mass is 9.75. The van der Waals surface area contributed by atoms with E-state index in [2.05, 4.69) is 37.0 Å². The molecule has 0 saturated carbocycles. The smallest absolute Gasteiger partial charge is 0.322 e. The van der Waals surface area contributed by atoms with Gasteiger partial charge in [-0.25, -0.2) is 9.78 Å². The highest BCUT2D eigenvalue weighted by Crippen LogP contribution is 2.38. The van der Waals surface area contributed by atoms with Crippen molar-refractivity contribution in [2.24, 2.45) is 5.92 Å². The molecule has 1 atom stereocenters. The van der Waals surface area contributed by atoms with Crippen molar-refractivity contribution in [3.8, 4) is 0 Å². The summed E-state index contributed by atoms with van der Waals surface area (Å²) in [5.41, 5.74) is -0.472. The largest absolute Gasteiger partial charge is 0.334 e. The molecule has 4 heterocycles. The Morgan fingerprint density at radius 1 is 1.19 bits per heavy atom. The summed E-state index contributed by atoms with van der Waals surface area (Å²) in [5.74, 6) is 0.759. The zero-order chi connectivity index (χ0) is 18.9. The molecule has 2 saturated heterocycles. The van der Waals surface area contributed by atoms with Crippen LogP contribution in [0.25, 0.3) is 0 Å². The summed E-state index contributed by atoms with van der Waals surface area (Å²) < 4.78 is 2.14. The molecular formula is C19H24N6O2. The molecule has 8 nitrogen and oxygen atoms in total. The summed E-state index contributed by atoms with van der Waals surface area (Å²) in [7, 11) is 0. The molecule has 0 spiro atoms. The van der Waals surface area contributed by atoms with Crippen LogP contribution in [0, 0.1) is 5.92 Å². The number of aryl methyl sites for hydroxylation is 1. The molecule has 3 amide bonds. The number of carbonyl (C=O) groups is 2. The molecule has 142 valence electrons. The first-order chi connectivity index (χ1) is 13.1. The zero-order valence-electron chi connectivity index (χ0n) is 15.4. The zero-order valence-corrected chi connectivity index (χ0v) is 15.4. The van der Waals surface area contributed by atoms with Gasteiger partial charge in [0.15, 0.2) is 5.54 Å². The number of imide groups is 1. The summed E-state index contributed by atoms with van der Waals surface area (Å²) in [6.45, 7) is 5.50. The van der Waals surface area contributed by atoms with E-state index in [1.165, 1.54) is 0 Å². The standard InChI is InChI=1S/C19H24N6O2/c1-2-25-12-9-21-16(25)13-24-10-6-14(7-11-24)19(15-5-3-4-8-20-15)17(26)22-18(27)23-19/h3-5,8-9,12,14H,2,6-7,10-11,13H2,1H3,(H2,22,23,26,27). The molecule has 27 heavy (non-hydrogen) atoms. The van der Waals surface area contributed by atoms with Gasteiger partial charge in [-0.3, -0.25) is 20.0 Å². The van der Waals surface area contributed by atoms with Crippen LogP contribution in [0.4, 0.5) is 4.79 Å². The number of nitrogens with zero attached hydrogens (tertiary/aromatic N) is 4. The molecule has 8 heteroatoms. The van der Waals surface area contributed by atoms with Crippen LogP contribution in [0.1, 0.15) is 31.3 Å². The molecule has 2 aliphatic rings. The van der Waals surface area contributed by atoms with Crippen LogP contribution in [0.2, 0.25) is 0 Å². The Hall–Kier alpha value is -2.74. The monoisotopic (exact) mass is 368 g/mol. The van der Waals surface area contributed by atoms with E-state index in [0.717, 1.165) is 44.8 Å². The maximum atomic E-state index is 12.8. The predicted molar refractivity (Wildman–Crippen MR) is 98.5 cm³/mol. The van der Waals surface area contributed by atoms with Gasteiger partial charge in [0.1, 0.15) is 5.82 Å². The number of hydrogen-bond acceptors (Lipinski definition) is 5. The predicted octanol–water partition coefficient (Wildman–Crippen LogP) is 1.24. The van der Waals surface area contributed by atoms with Crippen LogP contribution in [0.3, 0.4) is 0 Å². The average Bonchev–Trinajstić information content (AvgIpc) is 3.26. The van der Waals surface area contributed by atoms with E-state index in [-0.39, 0.29) is 11.8 Å². The van der Waals surface area contributed by atoms with Gasteiger partial charge >= 0.3 is 6.03 Å². The number of pyridine rings is 1. The minimum atomic E-state index is -1.08. The molecule has 0 aliphatic carbocycles. The van der Waals surface area contributed by atoms with Crippen molar-refractivity contribution in [1.29, 1.82) is 0 Å². The van der Waals surface area contributed by atoms with Gasteiger partial charge in [-0.15, -0.1) is 0 Å². The van der Waals surface area contributed by atoms with E-state index in [4.69, 9.17) is 0 Å². The summed E-state index contributed by atoms with van der Waals surface area (Å²) in [5, 5.41) is 5.29. The first-order valence-electron chi connectivity index (χ1n) is 9.41. The molecule has 2 aliphatic heterocycles. The number of urea groups is 1. The summed E-state index contributed by atoms with van der Waals surface area (Å²) in [6, 6.07) is 5.03. The van der Waals surface area contributed by atoms with Crippen molar-refractivity contribution < 1.29 is 9.59 Å². The molecule has 2 N–H and O–H groups in total. The summed E-state index contributed by atoms with van der Waals surface area (Å²) >= 11 is 0. The van der Waals surface area contributed by atoms with Gasteiger partial charge in [0.2, 0.25) is 0 Å². The lowest BCUT2D eigenvalue weighted by Crippen LogP contribution is -2.54. The maximum Gasteiger partial charge on any atom is 0.322 e. The molecule has 1 unspecified atom stereocenters. The fourth-order valence-electron chi connectivity index (χ4n) is 4.25. The third kappa shape index (κ3) is 3.10. The molecule has 2 aromatic heterocycles. The highest BCUT2D eigenvalue weighted by atomic mass is 16.2. The number of rotatable bonds is 5. The quantitative estimate of drug-likeness (QED) is 0.775. The number of amides is 3. The highest BCUT2D eigenvalue weighted by Gasteiger charge is 2.54. The summed E-state index contributed by atoms with van der Waals surface area (Å²) in [6.07, 6.45) is 7.10. The molecular weight excluding hydrogens is 344 g/mol. The lowest BCUT2D eigenvalue weighted by molar-refractivity contribution is -0.127. The lowest BCUT2D eigenvalue weighted by Gasteiger charge is -2.40. The number of imidazole rings is 1. The number of piperidine rings is 1. The van der Waals surface area contributed by atoms with Crippen LogP contribution in [-0.4, -0.2) is 44.5 Å². The maximum absolute atomic E-state index is 12.8. The van der Waals surface area contributed by atoms with Crippen molar-refractivity contribution >= 4 is 11.9 Å². The van der Waals surface area contributed by atoms with Crippen molar-refractivity contribution in [3.05, 3.63) is 48.3 Å². The van der Waals surface area contributed by atoms with Gasteiger partial charge in [-0.2, -0.15) is 0 Å². The van der Waals surface area contributed by atoms with Crippen LogP contribution in [0.15, 0.2) is 36.8 Å². The molecule has 0 bridgehead atoms. The topological polar surface area (TPSA) is 92.2 Å². The van der Waals surface area contributed by atoms with Crippen LogP contribution in [-0.2, 0) is 23.4 Å². The minimum Gasteiger partial charge on any atom is -0.334 e. The molecule has 0 radical (unpaired) electrons. The van der Waals surface area contributed by atoms with Gasteiger partial charge in [0, 0.05) is 25.1 Å². The van der Waals surface area contributed by atoms with Gasteiger partial charge in [-0.05, 0) is 50.9 Å². The normalized spacial score (nSPS) is 24.0. The van der Waals surface area contributed by atoms with Gasteiger partial charge < -0.3 is 9.88 Å². The third-order valence-corrected chi connectivity index (χ3v) is 5.67. The van der Waals surface area contributed by atoms with E-state index in [1.807, 2.05) is 30.6 Å². The molecule has 0 aromatic carbocycles. The van der Waals surface area contributed by atoms with Gasteiger partial charge in [-0.1, -0.05) is 6.07 Å². The first kappa shape index (κ1) is 17.7. The van der Waals surface area contributed by atoms with E-state index in [0.29, 0.717) is 5.69 Å². The number of hydrogen-bond donors (Lipinski definition) is 2. The average molecular weight is 368 g/mol. The second-order valence-electron chi connectivity index (χ2n) is 7.11. The Kier molecular flexibility index (Phi) is 4.65. The fourth-order valence-corrected chi connectivity index (χ4v) is 4.25. The van der Waals surface area contributed by atoms with E-state index in [9.17, 15) is 9.59 Å². The van der Waals surface area contributed by atoms with Crippen molar-refractivity contribution in [2.75, 3.05) is 13.1 Å². The van der Waals surface area contributed by atoms with Gasteiger partial charge in [0.05, 0.1) is 12.2 Å². The van der Waals surface area contributed by atoms with E-state index >= 15 is 0 Å². The molecule has 4 rings (SSSR count). The van der Waals surface area contributed by atoms with Crippen molar-refractivity contribution in [3.63, 3.8) is 0 Å². The van der Waals surface area contributed by atoms with Crippen LogP contribution >= 0.6 is 0 Å². The molecule has 2 aromatic rings. The second kappa shape index (κ2) is 7.11. The summed E-state index contributed by atoms with van der Waals surface area (Å²) in [4.78, 5) is 35.9. The van der Waals surface area contributed by atoms with Crippen LogP contribution < -0.4 is 10.6 Å². The highest BCUT2D eigenvalue weighted by molar-refractivity contribution is 6.07. The first-order valence-corrected chi connectivity index (χ1v) is 9.41. The SMILES string of the molecule is CCn1ccnc1CN1CCC(C2(c3ccccn3)NC(=O)NC2=O)CC1. The minimum absolute atomic E-state index is 0.000944. The second-order valence-corrected chi connectivity index (χ2v) is 7.11. The van der Waals surface area contributed by atoms with Gasteiger partial charge in [0.25, 0.3) is 5.91 Å².